The molecule has 0 aliphatic heterocycles. The van der Waals surface area contributed by atoms with Gasteiger partial charge >= 0.3 is 0 Å². The van der Waals surface area contributed by atoms with Crippen LogP contribution in [0.5, 0.6) is 0 Å². The number of halogens is 1. The summed E-state index contributed by atoms with van der Waals surface area (Å²) >= 11 is 6.15. The highest BCUT2D eigenvalue weighted by atomic mass is 35.5. The summed E-state index contributed by atoms with van der Waals surface area (Å²) in [4.78, 5) is 0. The number of aliphatic hydroxyl groups is 1. The lowest BCUT2D eigenvalue weighted by Crippen LogP contribution is -2.09. The van der Waals surface area contributed by atoms with E-state index in [0.29, 0.717) is 5.92 Å². The van der Waals surface area contributed by atoms with E-state index in [1.165, 1.54) is 5.56 Å². The van der Waals surface area contributed by atoms with Crippen LogP contribution < -0.4 is 0 Å². The van der Waals surface area contributed by atoms with E-state index in [9.17, 15) is 5.11 Å². The average Bonchev–Trinajstić information content (AvgIpc) is 2.21. The molecule has 1 N–H and O–H groups in total. The standard InChI is InChI=1S/C13H19ClO/c1-3-4-11(9-15)8-12-6-5-10(2)7-13(12)14/h5-7,11,15H,3-4,8-9H2,1-2H3. The minimum absolute atomic E-state index is 0.248. The fourth-order valence-corrected chi connectivity index (χ4v) is 2.11. The van der Waals surface area contributed by atoms with Crippen molar-refractivity contribution in [2.75, 3.05) is 6.61 Å². The maximum atomic E-state index is 9.22. The van der Waals surface area contributed by atoms with Gasteiger partial charge in [0, 0.05) is 11.6 Å². The summed E-state index contributed by atoms with van der Waals surface area (Å²) in [5.41, 5.74) is 2.33. The third-order valence-corrected chi connectivity index (χ3v) is 3.02. The normalized spacial score (nSPS) is 12.8. The van der Waals surface area contributed by atoms with E-state index >= 15 is 0 Å². The maximum absolute atomic E-state index is 9.22. The summed E-state index contributed by atoms with van der Waals surface area (Å²) in [6.45, 7) is 4.42. The van der Waals surface area contributed by atoms with Gasteiger partial charge in [-0.2, -0.15) is 0 Å². The molecule has 0 bridgehead atoms. The molecular formula is C13H19ClO. The van der Waals surface area contributed by atoms with Gasteiger partial charge in [-0.15, -0.1) is 0 Å². The Morgan fingerprint density at radius 1 is 1.40 bits per heavy atom. The molecule has 1 aromatic rings. The molecule has 15 heavy (non-hydrogen) atoms. The fraction of sp³-hybridized carbons (Fsp3) is 0.538. The lowest BCUT2D eigenvalue weighted by molar-refractivity contribution is 0.217. The number of rotatable bonds is 5. The van der Waals surface area contributed by atoms with Crippen LogP contribution in [-0.2, 0) is 6.42 Å². The number of benzene rings is 1. The molecule has 1 nitrogen and oxygen atoms in total. The van der Waals surface area contributed by atoms with Gasteiger partial charge in [-0.25, -0.2) is 0 Å². The molecule has 0 heterocycles. The molecule has 0 fully saturated rings. The number of aliphatic hydroxyl groups excluding tert-OH is 1. The Morgan fingerprint density at radius 3 is 2.67 bits per heavy atom. The molecule has 0 aromatic heterocycles. The zero-order valence-corrected chi connectivity index (χ0v) is 10.2. The molecule has 1 atom stereocenters. The van der Waals surface area contributed by atoms with Gasteiger partial charge in [-0.3, -0.25) is 0 Å². The van der Waals surface area contributed by atoms with E-state index in [2.05, 4.69) is 19.1 Å². The van der Waals surface area contributed by atoms with E-state index in [-0.39, 0.29) is 6.61 Å². The van der Waals surface area contributed by atoms with Crippen LogP contribution in [0.15, 0.2) is 18.2 Å². The lowest BCUT2D eigenvalue weighted by atomic mass is 9.95. The highest BCUT2D eigenvalue weighted by Crippen LogP contribution is 2.22. The molecule has 2 heteroatoms. The summed E-state index contributed by atoms with van der Waals surface area (Å²) in [5.74, 6) is 0.343. The topological polar surface area (TPSA) is 20.2 Å². The van der Waals surface area contributed by atoms with Crippen molar-refractivity contribution in [1.29, 1.82) is 0 Å². The second-order valence-corrected chi connectivity index (χ2v) is 4.54. The van der Waals surface area contributed by atoms with Gasteiger partial charge in [0.25, 0.3) is 0 Å². The molecule has 0 aliphatic carbocycles. The summed E-state index contributed by atoms with van der Waals surface area (Å²) in [6.07, 6.45) is 3.04. The van der Waals surface area contributed by atoms with Gasteiger partial charge in [-0.05, 0) is 42.9 Å². The van der Waals surface area contributed by atoms with E-state index < -0.39 is 0 Å². The monoisotopic (exact) mass is 226 g/mol. The van der Waals surface area contributed by atoms with Crippen molar-refractivity contribution >= 4 is 11.6 Å². The first-order valence-corrected chi connectivity index (χ1v) is 5.91. The van der Waals surface area contributed by atoms with Gasteiger partial charge in [0.2, 0.25) is 0 Å². The second kappa shape index (κ2) is 6.14. The van der Waals surface area contributed by atoms with Crippen LogP contribution in [0.2, 0.25) is 5.02 Å². The van der Waals surface area contributed by atoms with Crippen molar-refractivity contribution in [3.05, 3.63) is 34.3 Å². The first kappa shape index (κ1) is 12.5. The smallest absolute Gasteiger partial charge is 0.0462 e. The Bertz CT molecular complexity index is 309. The van der Waals surface area contributed by atoms with Gasteiger partial charge < -0.3 is 5.11 Å². The second-order valence-electron chi connectivity index (χ2n) is 4.14. The Balaban J connectivity index is 2.70. The molecule has 0 amide bonds. The molecule has 0 aliphatic rings. The van der Waals surface area contributed by atoms with E-state index in [4.69, 9.17) is 11.6 Å². The molecule has 1 rings (SSSR count). The summed E-state index contributed by atoms with van der Waals surface area (Å²) in [7, 11) is 0. The Labute approximate surface area is 97.1 Å². The highest BCUT2D eigenvalue weighted by Gasteiger charge is 2.09. The predicted octanol–water partition coefficient (Wildman–Crippen LogP) is 3.60. The molecule has 1 unspecified atom stereocenters. The SMILES string of the molecule is CCCC(CO)Cc1ccc(C)cc1Cl. The molecular weight excluding hydrogens is 208 g/mol. The van der Waals surface area contributed by atoms with Crippen molar-refractivity contribution in [3.63, 3.8) is 0 Å². The van der Waals surface area contributed by atoms with Gasteiger partial charge in [0.1, 0.15) is 0 Å². The van der Waals surface area contributed by atoms with Crippen molar-refractivity contribution in [3.8, 4) is 0 Å². The first-order chi connectivity index (χ1) is 7.17. The fourth-order valence-electron chi connectivity index (χ4n) is 1.80. The zero-order chi connectivity index (χ0) is 11.3. The maximum Gasteiger partial charge on any atom is 0.0462 e. The lowest BCUT2D eigenvalue weighted by Gasteiger charge is -2.14. The van der Waals surface area contributed by atoms with Crippen LogP contribution in [0.4, 0.5) is 0 Å². The zero-order valence-electron chi connectivity index (χ0n) is 9.46. The minimum Gasteiger partial charge on any atom is -0.396 e. The largest absolute Gasteiger partial charge is 0.396 e. The van der Waals surface area contributed by atoms with Crippen LogP contribution in [-0.4, -0.2) is 11.7 Å². The van der Waals surface area contributed by atoms with E-state index in [0.717, 1.165) is 29.8 Å². The van der Waals surface area contributed by atoms with E-state index in [1.54, 1.807) is 0 Å². The molecule has 0 saturated carbocycles. The van der Waals surface area contributed by atoms with Crippen LogP contribution in [0, 0.1) is 12.8 Å². The molecule has 84 valence electrons. The Hall–Kier alpha value is -0.530. The van der Waals surface area contributed by atoms with Gasteiger partial charge in [-0.1, -0.05) is 37.1 Å². The molecule has 0 spiro atoms. The predicted molar refractivity (Wildman–Crippen MR) is 65.4 cm³/mol. The molecule has 0 saturated heterocycles. The van der Waals surface area contributed by atoms with Crippen LogP contribution in [0.1, 0.15) is 30.9 Å². The average molecular weight is 227 g/mol. The van der Waals surface area contributed by atoms with Crippen molar-refractivity contribution in [2.45, 2.75) is 33.1 Å². The van der Waals surface area contributed by atoms with Crippen molar-refractivity contribution < 1.29 is 5.11 Å². The number of hydrogen-bond donors (Lipinski definition) is 1. The number of aryl methyl sites for hydroxylation is 1. The first-order valence-electron chi connectivity index (χ1n) is 5.53. The van der Waals surface area contributed by atoms with Gasteiger partial charge in [0.05, 0.1) is 0 Å². The minimum atomic E-state index is 0.248. The van der Waals surface area contributed by atoms with Crippen molar-refractivity contribution in [2.24, 2.45) is 5.92 Å². The van der Waals surface area contributed by atoms with Crippen LogP contribution in [0.25, 0.3) is 0 Å². The quantitative estimate of drug-likeness (QED) is 0.814. The summed E-state index contributed by atoms with van der Waals surface area (Å²) < 4.78 is 0. The molecule has 1 aromatic carbocycles. The van der Waals surface area contributed by atoms with Gasteiger partial charge in [0.15, 0.2) is 0 Å². The van der Waals surface area contributed by atoms with E-state index in [1.807, 2.05) is 13.0 Å². The Kier molecular flexibility index (Phi) is 5.13. The third kappa shape index (κ3) is 3.84. The van der Waals surface area contributed by atoms with Crippen LogP contribution >= 0.6 is 11.6 Å². The number of hydrogen-bond acceptors (Lipinski definition) is 1. The van der Waals surface area contributed by atoms with Crippen molar-refractivity contribution in [1.82, 2.24) is 0 Å². The highest BCUT2D eigenvalue weighted by molar-refractivity contribution is 6.31. The third-order valence-electron chi connectivity index (χ3n) is 2.67. The summed E-state index contributed by atoms with van der Waals surface area (Å²) in [6, 6.07) is 6.12. The molecule has 0 radical (unpaired) electrons. The Morgan fingerprint density at radius 2 is 2.13 bits per heavy atom. The summed E-state index contributed by atoms with van der Waals surface area (Å²) in [5, 5.41) is 10.0. The van der Waals surface area contributed by atoms with Crippen LogP contribution in [0.3, 0.4) is 0 Å².